The first-order valence-corrected chi connectivity index (χ1v) is 1.00. The molecule has 26 valence electrons. The molecule has 0 atom stereocenters. The second kappa shape index (κ2) is 8.85. The summed E-state index contributed by atoms with van der Waals surface area (Å²) in [4.78, 5) is 0. The van der Waals surface area contributed by atoms with Gasteiger partial charge in [0, 0.05) is 41.7 Å². The van der Waals surface area contributed by atoms with Gasteiger partial charge in [0.15, 0.2) is 0 Å². The Morgan fingerprint density at radius 3 is 1.20 bits per heavy atom. The van der Waals surface area contributed by atoms with E-state index in [9.17, 15) is 0 Å². The Hall–Kier alpha value is 0.857. The molecule has 0 N–H and O–H groups in total. The summed E-state index contributed by atoms with van der Waals surface area (Å²) in [7, 11) is 0. The Labute approximate surface area is 66.3 Å². The second-order valence-corrected chi connectivity index (χ2v) is 0.385. The van der Waals surface area contributed by atoms with Gasteiger partial charge in [-0.2, -0.15) is 0 Å². The molecule has 0 aliphatic rings. The van der Waals surface area contributed by atoms with Crippen LogP contribution < -0.4 is 0 Å². The van der Waals surface area contributed by atoms with Gasteiger partial charge < -0.3 is 25.3 Å². The average Bonchev–Trinajstić information content (AvgIpc) is 1.37. The van der Waals surface area contributed by atoms with Crippen molar-refractivity contribution < 1.29 is 41.7 Å². The van der Waals surface area contributed by atoms with Gasteiger partial charge >= 0.3 is 0 Å². The molecule has 0 bridgehead atoms. The van der Waals surface area contributed by atoms with Crippen LogP contribution in [0.4, 0.5) is 0 Å². The van der Waals surface area contributed by atoms with Crippen LogP contribution in [0.5, 0.6) is 0 Å². The van der Waals surface area contributed by atoms with Crippen LogP contribution in [-0.4, -0.2) is 0 Å². The smallest absolute Gasteiger partial charge is 0 e. The van der Waals surface area contributed by atoms with Crippen molar-refractivity contribution in [1.29, 1.82) is 0 Å². The molecule has 0 aliphatic carbocycles. The van der Waals surface area contributed by atoms with Crippen LogP contribution in [0.25, 0.3) is 0 Å². The maximum Gasteiger partial charge on any atom is 0 e. The van der Waals surface area contributed by atoms with Gasteiger partial charge in [-0.1, -0.05) is 0 Å². The third-order valence-electron chi connectivity index (χ3n) is 0.111. The summed E-state index contributed by atoms with van der Waals surface area (Å²) in [6, 6.07) is 0. The van der Waals surface area contributed by atoms with Crippen LogP contribution in [0.15, 0.2) is 12.2 Å². The summed E-state index contributed by atoms with van der Waals surface area (Å²) in [5.74, 6) is 0. The summed E-state index contributed by atoms with van der Waals surface area (Å²) >= 11 is 0. The van der Waals surface area contributed by atoms with Gasteiger partial charge in [0.1, 0.15) is 0 Å². The van der Waals surface area contributed by atoms with E-state index in [1.807, 2.05) is 0 Å². The molecule has 0 aromatic heterocycles. The van der Waals surface area contributed by atoms with Crippen molar-refractivity contribution >= 4 is 0 Å². The first kappa shape index (κ1) is 9.29. The predicted octanol–water partition coefficient (Wildman–Crippen LogP) is 0.965. The minimum atomic E-state index is 0. The zero-order valence-electron chi connectivity index (χ0n) is 2.81. The Kier molecular flexibility index (Phi) is 16.4. The quantitative estimate of drug-likeness (QED) is 0.429. The zero-order chi connectivity index (χ0) is 3.41. The van der Waals surface area contributed by atoms with E-state index in [1.165, 1.54) is 12.2 Å². The normalized spacial score (nSPS) is 4.00. The molecule has 0 saturated carbocycles. The number of allylic oxidation sites excluding steroid dienone is 2. The van der Waals surface area contributed by atoms with Gasteiger partial charge in [-0.3, -0.25) is 0 Å². The topological polar surface area (TPSA) is 0 Å². The molecule has 0 radical (unpaired) electrons. The molecule has 1 heteroatoms. The van der Waals surface area contributed by atoms with Crippen molar-refractivity contribution in [2.45, 2.75) is 0 Å². The molecular weight excluding hydrogens is 188 g/mol. The van der Waals surface area contributed by atoms with E-state index < -0.39 is 0 Å². The fourth-order valence-electron chi connectivity index (χ4n) is 0. The van der Waals surface area contributed by atoms with Crippen LogP contribution in [0.3, 0.4) is 0 Å². The van der Waals surface area contributed by atoms with E-state index in [0.29, 0.717) is 0 Å². The van der Waals surface area contributed by atoms with E-state index in [1.54, 1.807) is 0 Å². The van der Waals surface area contributed by atoms with Crippen LogP contribution in [0.1, 0.15) is 0 Å². The Morgan fingerprint density at radius 1 is 1.00 bits per heavy atom. The summed E-state index contributed by atoms with van der Waals surface area (Å²) in [5, 5.41) is 0. The first-order valence-electron chi connectivity index (χ1n) is 1.00. The van der Waals surface area contributed by atoms with Crippen molar-refractivity contribution in [2.75, 3.05) is 0 Å². The largest absolute Gasteiger partial charge is 0.394 e. The minimum Gasteiger partial charge on any atom is -0.394 e. The Bertz CT molecular complexity index is 24.6. The molecule has 0 rings (SSSR count). The van der Waals surface area contributed by atoms with Gasteiger partial charge in [-0.25, -0.2) is 0 Å². The van der Waals surface area contributed by atoms with Crippen LogP contribution in [-0.2, 0) is 0 Å². The van der Waals surface area contributed by atoms with Crippen LogP contribution in [0, 0.1) is 54.9 Å². The van der Waals surface area contributed by atoms with Crippen LogP contribution >= 0.6 is 0 Å². The molecule has 0 spiro atoms. The second-order valence-electron chi connectivity index (χ2n) is 0.385. The van der Waals surface area contributed by atoms with Gasteiger partial charge in [-0.05, 0) is 0 Å². The average molecular weight is 192 g/mol. The maximum absolute atomic E-state index is 4.72. The maximum atomic E-state index is 4.72. The fourth-order valence-corrected chi connectivity index (χ4v) is 0. The van der Waals surface area contributed by atoms with E-state index in [-0.39, 0.29) is 41.7 Å². The van der Waals surface area contributed by atoms with Crippen molar-refractivity contribution in [1.82, 2.24) is 0 Å². The molecule has 0 amide bonds. The van der Waals surface area contributed by atoms with E-state index in [0.717, 1.165) is 0 Å². The number of hydrogen-bond donors (Lipinski definition) is 0. The first-order chi connectivity index (χ1) is 1.91. The molecule has 0 aromatic rings. The molecule has 5 heavy (non-hydrogen) atoms. The van der Waals surface area contributed by atoms with Crippen molar-refractivity contribution in [3.8, 4) is 0 Å². The predicted molar refractivity (Wildman–Crippen MR) is 17.7 cm³/mol. The van der Waals surface area contributed by atoms with Crippen molar-refractivity contribution in [3.63, 3.8) is 0 Å². The molecule has 0 fully saturated rings. The Balaban J connectivity index is 0. The van der Waals surface area contributed by atoms with Gasteiger partial charge in [0.2, 0.25) is 0 Å². The van der Waals surface area contributed by atoms with Gasteiger partial charge in [-0.15, -0.1) is 0 Å². The summed E-state index contributed by atoms with van der Waals surface area (Å²) in [5.41, 5.74) is 0. The summed E-state index contributed by atoms with van der Waals surface area (Å²) in [6.45, 7) is 9.44. The molecule has 0 aliphatic heterocycles. The minimum absolute atomic E-state index is 0. The standard InChI is InChI=1S/C4H4.Ce/c1-3-4-2;/h1-4H;/q-2;. The van der Waals surface area contributed by atoms with Crippen molar-refractivity contribution in [3.05, 3.63) is 25.3 Å². The third kappa shape index (κ3) is 11.5. The molecular formula is C4H4Ce-2. The van der Waals surface area contributed by atoms with E-state index >= 15 is 0 Å². The van der Waals surface area contributed by atoms with E-state index in [4.69, 9.17) is 13.2 Å². The summed E-state index contributed by atoms with van der Waals surface area (Å²) < 4.78 is 0. The number of rotatable bonds is 1. The zero-order valence-corrected chi connectivity index (χ0v) is 5.95. The van der Waals surface area contributed by atoms with Gasteiger partial charge in [0.25, 0.3) is 0 Å². The molecule has 0 heterocycles. The number of hydrogen-bond acceptors (Lipinski definition) is 0. The van der Waals surface area contributed by atoms with Crippen molar-refractivity contribution in [2.24, 2.45) is 0 Å². The molecule has 0 unspecified atom stereocenters. The van der Waals surface area contributed by atoms with Gasteiger partial charge in [0.05, 0.1) is 0 Å². The molecule has 0 nitrogen and oxygen atoms in total. The fraction of sp³-hybridized carbons (Fsp3) is 0. The third-order valence-corrected chi connectivity index (χ3v) is 0.111. The van der Waals surface area contributed by atoms with Crippen LogP contribution in [0.2, 0.25) is 0 Å². The monoisotopic (exact) mass is 192 g/mol. The van der Waals surface area contributed by atoms with E-state index in [2.05, 4.69) is 0 Å². The SMILES string of the molecule is [CH-]=CC=[CH-].[Ce]. The molecule has 0 aromatic carbocycles. The summed E-state index contributed by atoms with van der Waals surface area (Å²) in [6.07, 6.45) is 2.56. The molecule has 0 saturated heterocycles. The Morgan fingerprint density at radius 2 is 1.20 bits per heavy atom.